The number of carbonyl (C=O) groups is 1. The van der Waals surface area contributed by atoms with Crippen LogP contribution in [0.4, 0.5) is 5.13 Å². The first-order chi connectivity index (χ1) is 15.5. The van der Waals surface area contributed by atoms with Crippen molar-refractivity contribution < 1.29 is 4.79 Å². The molecule has 3 aromatic heterocycles. The third-order valence-electron chi connectivity index (χ3n) is 4.72. The summed E-state index contributed by atoms with van der Waals surface area (Å²) in [6, 6.07) is 18.3. The summed E-state index contributed by atoms with van der Waals surface area (Å²) in [5, 5.41) is 7.03. The fraction of sp³-hybridized carbons (Fsp3) is 0. The third kappa shape index (κ3) is 4.25. The second kappa shape index (κ2) is 8.81. The highest BCUT2D eigenvalue weighted by molar-refractivity contribution is 7.19. The molecule has 0 aliphatic carbocycles. The van der Waals surface area contributed by atoms with Crippen LogP contribution in [0.3, 0.4) is 0 Å². The van der Waals surface area contributed by atoms with Gasteiger partial charge in [-0.2, -0.15) is 0 Å². The Morgan fingerprint density at radius 3 is 2.53 bits per heavy atom. The van der Waals surface area contributed by atoms with Crippen LogP contribution in [0.25, 0.3) is 32.7 Å². The number of anilines is 1. The van der Waals surface area contributed by atoms with E-state index in [0.29, 0.717) is 36.5 Å². The summed E-state index contributed by atoms with van der Waals surface area (Å²) < 4.78 is 0.664. The smallest absolute Gasteiger partial charge is 0.258 e. The van der Waals surface area contributed by atoms with Crippen molar-refractivity contribution >= 4 is 79.4 Å². The molecule has 0 bridgehead atoms. The zero-order valence-corrected chi connectivity index (χ0v) is 20.0. The summed E-state index contributed by atoms with van der Waals surface area (Å²) >= 11 is 21.1. The monoisotopic (exact) mass is 515 g/mol. The first-order valence-corrected chi connectivity index (χ1v) is 12.2. The molecule has 3 heterocycles. The standard InChI is InChI=1S/C23H12Cl3N3OS2/c24-12-5-6-14(16(25)9-12)19-11-31-23(28-19)29-22(30)15-10-18(20-7-8-21(26)32-20)27-17-4-2-1-3-13(15)17/h1-11H,(H,28,29,30). The van der Waals surface area contributed by atoms with E-state index in [4.69, 9.17) is 39.8 Å². The molecule has 0 fully saturated rings. The van der Waals surface area contributed by atoms with Gasteiger partial charge in [0.2, 0.25) is 0 Å². The lowest BCUT2D eigenvalue weighted by Gasteiger charge is -2.08. The van der Waals surface area contributed by atoms with Gasteiger partial charge in [0.15, 0.2) is 5.13 Å². The number of nitrogens with zero attached hydrogens (tertiary/aromatic N) is 2. The fourth-order valence-electron chi connectivity index (χ4n) is 3.26. The number of halogens is 3. The van der Waals surface area contributed by atoms with Crippen LogP contribution in [0.15, 0.2) is 66.0 Å². The number of carbonyl (C=O) groups excluding carboxylic acids is 1. The lowest BCUT2D eigenvalue weighted by Crippen LogP contribution is -2.13. The van der Waals surface area contributed by atoms with Crippen molar-refractivity contribution in [1.82, 2.24) is 9.97 Å². The number of pyridine rings is 1. The molecule has 5 aromatic rings. The van der Waals surface area contributed by atoms with Gasteiger partial charge in [-0.05, 0) is 42.5 Å². The fourth-order valence-corrected chi connectivity index (χ4v) is 5.47. The molecule has 0 atom stereocenters. The minimum absolute atomic E-state index is 0.268. The van der Waals surface area contributed by atoms with Gasteiger partial charge in [0.1, 0.15) is 0 Å². The number of para-hydroxylation sites is 1. The average Bonchev–Trinajstić information content (AvgIpc) is 3.42. The summed E-state index contributed by atoms with van der Waals surface area (Å²) in [4.78, 5) is 23.4. The van der Waals surface area contributed by atoms with Gasteiger partial charge in [0, 0.05) is 21.4 Å². The summed E-state index contributed by atoms with van der Waals surface area (Å²) in [6.07, 6.45) is 0. The summed E-state index contributed by atoms with van der Waals surface area (Å²) in [5.74, 6) is -0.268. The van der Waals surface area contributed by atoms with Gasteiger partial charge in [-0.1, -0.05) is 53.0 Å². The van der Waals surface area contributed by atoms with E-state index in [9.17, 15) is 4.79 Å². The maximum atomic E-state index is 13.2. The predicted octanol–water partition coefficient (Wildman–Crippen LogP) is 8.30. The molecule has 4 nitrogen and oxygen atoms in total. The van der Waals surface area contributed by atoms with Gasteiger partial charge < -0.3 is 0 Å². The van der Waals surface area contributed by atoms with Crippen molar-refractivity contribution in [2.75, 3.05) is 5.32 Å². The Morgan fingerprint density at radius 2 is 1.75 bits per heavy atom. The van der Waals surface area contributed by atoms with E-state index in [-0.39, 0.29) is 5.91 Å². The first kappa shape index (κ1) is 21.4. The molecular formula is C23H12Cl3N3OS2. The van der Waals surface area contributed by atoms with Crippen LogP contribution >= 0.6 is 57.5 Å². The molecule has 32 heavy (non-hydrogen) atoms. The van der Waals surface area contributed by atoms with Gasteiger partial charge >= 0.3 is 0 Å². The van der Waals surface area contributed by atoms with Gasteiger partial charge in [0.25, 0.3) is 5.91 Å². The number of aromatic nitrogens is 2. The number of hydrogen-bond acceptors (Lipinski definition) is 5. The Hall–Kier alpha value is -2.48. The van der Waals surface area contributed by atoms with Crippen LogP contribution in [0.1, 0.15) is 10.4 Å². The van der Waals surface area contributed by atoms with Crippen LogP contribution in [-0.4, -0.2) is 15.9 Å². The maximum absolute atomic E-state index is 13.2. The number of thiophene rings is 1. The summed E-state index contributed by atoms with van der Waals surface area (Å²) in [6.45, 7) is 0. The third-order valence-corrected chi connectivity index (χ3v) is 7.28. The molecule has 5 rings (SSSR count). The highest BCUT2D eigenvalue weighted by Gasteiger charge is 2.17. The lowest BCUT2D eigenvalue weighted by atomic mass is 10.1. The lowest BCUT2D eigenvalue weighted by molar-refractivity contribution is 0.102. The normalized spacial score (nSPS) is 11.1. The second-order valence-electron chi connectivity index (χ2n) is 6.79. The molecule has 9 heteroatoms. The van der Waals surface area contributed by atoms with Gasteiger partial charge in [-0.15, -0.1) is 22.7 Å². The molecule has 0 aliphatic heterocycles. The molecule has 0 aliphatic rings. The highest BCUT2D eigenvalue weighted by Crippen LogP contribution is 2.34. The van der Waals surface area contributed by atoms with Crippen molar-refractivity contribution in [3.05, 3.63) is 86.0 Å². The van der Waals surface area contributed by atoms with Crippen LogP contribution in [0.2, 0.25) is 14.4 Å². The number of hydrogen-bond donors (Lipinski definition) is 1. The molecule has 158 valence electrons. The molecule has 1 N–H and O–H groups in total. The van der Waals surface area contributed by atoms with E-state index in [1.165, 1.54) is 22.7 Å². The molecule has 0 spiro atoms. The molecule has 0 saturated carbocycles. The van der Waals surface area contributed by atoms with Crippen LogP contribution in [0.5, 0.6) is 0 Å². The van der Waals surface area contributed by atoms with Crippen molar-refractivity contribution in [2.45, 2.75) is 0 Å². The highest BCUT2D eigenvalue weighted by atomic mass is 35.5. The number of thiazole rings is 1. The zero-order chi connectivity index (χ0) is 22.2. The SMILES string of the molecule is O=C(Nc1nc(-c2ccc(Cl)cc2Cl)cs1)c1cc(-c2ccc(Cl)s2)nc2ccccc12. The predicted molar refractivity (Wildman–Crippen MR) is 136 cm³/mol. The molecular weight excluding hydrogens is 505 g/mol. The zero-order valence-electron chi connectivity index (χ0n) is 16.1. The average molecular weight is 517 g/mol. The number of benzene rings is 2. The Labute approximate surface area is 206 Å². The van der Waals surface area contributed by atoms with Crippen molar-refractivity contribution in [3.8, 4) is 21.8 Å². The van der Waals surface area contributed by atoms with E-state index in [2.05, 4.69) is 10.3 Å². The maximum Gasteiger partial charge on any atom is 0.258 e. The van der Waals surface area contributed by atoms with Crippen LogP contribution in [0, 0.1) is 0 Å². The number of rotatable bonds is 4. The molecule has 0 unspecified atom stereocenters. The summed E-state index contributed by atoms with van der Waals surface area (Å²) in [5.41, 5.74) is 3.35. The number of fused-ring (bicyclic) bond motifs is 1. The molecule has 2 aromatic carbocycles. The van der Waals surface area contributed by atoms with Crippen LogP contribution in [-0.2, 0) is 0 Å². The minimum atomic E-state index is -0.268. The number of nitrogens with one attached hydrogen (secondary N) is 1. The second-order valence-corrected chi connectivity index (χ2v) is 10.2. The topological polar surface area (TPSA) is 54.9 Å². The molecule has 0 saturated heterocycles. The van der Waals surface area contributed by atoms with Gasteiger partial charge in [-0.3, -0.25) is 10.1 Å². The minimum Gasteiger partial charge on any atom is -0.298 e. The first-order valence-electron chi connectivity index (χ1n) is 9.36. The van der Waals surface area contributed by atoms with E-state index < -0.39 is 0 Å². The number of amides is 1. The molecule has 0 radical (unpaired) electrons. The Balaban J connectivity index is 1.49. The molecule has 1 amide bonds. The van der Waals surface area contributed by atoms with E-state index in [1.54, 1.807) is 24.3 Å². The van der Waals surface area contributed by atoms with Gasteiger partial charge in [-0.25, -0.2) is 9.97 Å². The Bertz CT molecular complexity index is 1480. The summed E-state index contributed by atoms with van der Waals surface area (Å²) in [7, 11) is 0. The van der Waals surface area contributed by atoms with Gasteiger partial charge in [0.05, 0.1) is 36.7 Å². The van der Waals surface area contributed by atoms with E-state index in [1.807, 2.05) is 41.8 Å². The van der Waals surface area contributed by atoms with Crippen molar-refractivity contribution in [3.63, 3.8) is 0 Å². The van der Waals surface area contributed by atoms with Crippen molar-refractivity contribution in [1.29, 1.82) is 0 Å². The Kier molecular flexibility index (Phi) is 5.88. The van der Waals surface area contributed by atoms with Crippen molar-refractivity contribution in [2.24, 2.45) is 0 Å². The van der Waals surface area contributed by atoms with Crippen LogP contribution < -0.4 is 5.32 Å². The van der Waals surface area contributed by atoms with E-state index in [0.717, 1.165) is 21.3 Å². The Morgan fingerprint density at radius 1 is 0.906 bits per heavy atom. The quantitative estimate of drug-likeness (QED) is 0.261. The largest absolute Gasteiger partial charge is 0.298 e. The van der Waals surface area contributed by atoms with E-state index >= 15 is 0 Å².